The van der Waals surface area contributed by atoms with Crippen LogP contribution in [0.15, 0.2) is 76.1 Å². The van der Waals surface area contributed by atoms with Gasteiger partial charge in [-0.15, -0.1) is 0 Å². The van der Waals surface area contributed by atoms with Crippen LogP contribution in [-0.4, -0.2) is 43.8 Å². The highest BCUT2D eigenvalue weighted by atomic mass is 79.9. The Balaban J connectivity index is 1.71. The molecule has 218 valence electrons. The Kier molecular flexibility index (Phi) is 10.4. The molecule has 11 heteroatoms. The van der Waals surface area contributed by atoms with E-state index in [2.05, 4.69) is 21.2 Å². The van der Waals surface area contributed by atoms with Crippen LogP contribution in [0.25, 0.3) is 0 Å². The molecule has 0 radical (unpaired) electrons. The molecule has 0 heterocycles. The van der Waals surface area contributed by atoms with E-state index in [1.165, 1.54) is 17.0 Å². The topological polar surface area (TPSA) is 86.8 Å². The molecule has 0 spiro atoms. The summed E-state index contributed by atoms with van der Waals surface area (Å²) in [7, 11) is -4.15. The molecule has 1 aliphatic carbocycles. The lowest BCUT2D eigenvalue weighted by atomic mass is 10.1. The van der Waals surface area contributed by atoms with Crippen molar-refractivity contribution in [1.82, 2.24) is 10.2 Å². The van der Waals surface area contributed by atoms with E-state index in [-0.39, 0.29) is 23.4 Å². The molecule has 3 aromatic carbocycles. The van der Waals surface area contributed by atoms with Crippen LogP contribution in [0.5, 0.6) is 0 Å². The van der Waals surface area contributed by atoms with Crippen molar-refractivity contribution in [1.29, 1.82) is 0 Å². The summed E-state index contributed by atoms with van der Waals surface area (Å²) in [6.45, 7) is 2.88. The van der Waals surface area contributed by atoms with Crippen LogP contribution in [-0.2, 0) is 26.2 Å². The van der Waals surface area contributed by atoms with E-state index in [1.54, 1.807) is 61.5 Å². The zero-order valence-corrected chi connectivity index (χ0v) is 26.7. The normalized spacial score (nSPS) is 14.5. The third-order valence-electron chi connectivity index (χ3n) is 7.26. The van der Waals surface area contributed by atoms with Crippen molar-refractivity contribution in [3.63, 3.8) is 0 Å². The molecule has 0 aliphatic heterocycles. The predicted molar refractivity (Wildman–Crippen MR) is 167 cm³/mol. The molecule has 3 aromatic rings. The summed E-state index contributed by atoms with van der Waals surface area (Å²) in [4.78, 5) is 28.8. The Labute approximate surface area is 260 Å². The van der Waals surface area contributed by atoms with E-state index in [4.69, 9.17) is 23.2 Å². The van der Waals surface area contributed by atoms with E-state index in [9.17, 15) is 18.0 Å². The molecule has 1 aliphatic rings. The lowest BCUT2D eigenvalue weighted by Gasteiger charge is -2.33. The summed E-state index contributed by atoms with van der Waals surface area (Å²) >= 11 is 16.3. The van der Waals surface area contributed by atoms with Crippen LogP contribution in [0.2, 0.25) is 10.0 Å². The molecule has 1 atom stereocenters. The van der Waals surface area contributed by atoms with E-state index < -0.39 is 28.5 Å². The second-order valence-electron chi connectivity index (χ2n) is 10.2. The minimum Gasteiger partial charge on any atom is -0.352 e. The average Bonchev–Trinajstić information content (AvgIpc) is 3.45. The first-order chi connectivity index (χ1) is 19.5. The number of aryl methyl sites for hydroxylation is 1. The first kappa shape index (κ1) is 31.3. The molecule has 0 saturated heterocycles. The molecular formula is C30H32BrCl2N3O4S. The fourth-order valence-corrected chi connectivity index (χ4v) is 7.00. The Morgan fingerprint density at radius 1 is 0.976 bits per heavy atom. The Morgan fingerprint density at radius 2 is 1.56 bits per heavy atom. The van der Waals surface area contributed by atoms with E-state index in [0.29, 0.717) is 21.3 Å². The van der Waals surface area contributed by atoms with Crippen molar-refractivity contribution < 1.29 is 18.0 Å². The average molecular weight is 681 g/mol. The smallest absolute Gasteiger partial charge is 0.264 e. The number of hydrogen-bond donors (Lipinski definition) is 1. The van der Waals surface area contributed by atoms with Crippen LogP contribution >= 0.6 is 39.1 Å². The fraction of sp³-hybridized carbons (Fsp3) is 0.333. The van der Waals surface area contributed by atoms with E-state index in [1.807, 2.05) is 6.92 Å². The zero-order valence-electron chi connectivity index (χ0n) is 22.8. The molecule has 4 rings (SSSR count). The number of anilines is 1. The number of amides is 2. The van der Waals surface area contributed by atoms with Crippen LogP contribution in [0.4, 0.5) is 5.69 Å². The zero-order chi connectivity index (χ0) is 29.7. The minimum atomic E-state index is -4.15. The van der Waals surface area contributed by atoms with Gasteiger partial charge in [-0.2, -0.15) is 0 Å². The molecular weight excluding hydrogens is 649 g/mol. The van der Waals surface area contributed by atoms with Gasteiger partial charge in [-0.3, -0.25) is 13.9 Å². The lowest BCUT2D eigenvalue weighted by Crippen LogP contribution is -2.52. The maximum atomic E-state index is 14.1. The molecule has 41 heavy (non-hydrogen) atoms. The highest BCUT2D eigenvalue weighted by Gasteiger charge is 2.34. The van der Waals surface area contributed by atoms with Crippen LogP contribution in [0, 0.1) is 6.92 Å². The quantitative estimate of drug-likeness (QED) is 0.257. The maximum absolute atomic E-state index is 14.1. The van der Waals surface area contributed by atoms with Crippen molar-refractivity contribution >= 4 is 66.7 Å². The number of sulfonamides is 1. The van der Waals surface area contributed by atoms with Gasteiger partial charge in [0.1, 0.15) is 12.6 Å². The van der Waals surface area contributed by atoms with Crippen LogP contribution in [0.1, 0.15) is 43.7 Å². The second-order valence-corrected chi connectivity index (χ2v) is 13.8. The molecule has 0 bridgehead atoms. The largest absolute Gasteiger partial charge is 0.352 e. The number of carbonyl (C=O) groups is 2. The van der Waals surface area contributed by atoms with Crippen LogP contribution < -0.4 is 9.62 Å². The van der Waals surface area contributed by atoms with Gasteiger partial charge in [-0.05, 0) is 75.2 Å². The van der Waals surface area contributed by atoms with Crippen molar-refractivity contribution in [2.45, 2.75) is 63.1 Å². The Hall–Kier alpha value is -2.59. The lowest BCUT2D eigenvalue weighted by molar-refractivity contribution is -0.139. The third-order valence-corrected chi connectivity index (χ3v) is 10.3. The summed E-state index contributed by atoms with van der Waals surface area (Å²) in [5.74, 6) is -0.890. The fourth-order valence-electron chi connectivity index (χ4n) is 4.80. The number of benzene rings is 3. The van der Waals surface area contributed by atoms with Crippen molar-refractivity contribution in [3.05, 3.63) is 92.4 Å². The first-order valence-electron chi connectivity index (χ1n) is 13.3. The highest BCUT2D eigenvalue weighted by molar-refractivity contribution is 9.10. The van der Waals surface area contributed by atoms with Gasteiger partial charge >= 0.3 is 0 Å². The summed E-state index contributed by atoms with van der Waals surface area (Å²) in [5, 5.41) is 3.73. The third kappa shape index (κ3) is 7.63. The Morgan fingerprint density at radius 3 is 2.15 bits per heavy atom. The van der Waals surface area contributed by atoms with Gasteiger partial charge < -0.3 is 10.2 Å². The number of halogens is 3. The molecule has 2 amide bonds. The van der Waals surface area contributed by atoms with Crippen molar-refractivity contribution in [3.8, 4) is 0 Å². The predicted octanol–water partition coefficient (Wildman–Crippen LogP) is 6.74. The van der Waals surface area contributed by atoms with Gasteiger partial charge in [0, 0.05) is 32.7 Å². The van der Waals surface area contributed by atoms with Crippen molar-refractivity contribution in [2.24, 2.45) is 0 Å². The first-order valence-corrected chi connectivity index (χ1v) is 16.3. The van der Waals surface area contributed by atoms with Gasteiger partial charge in [-0.1, -0.05) is 75.7 Å². The van der Waals surface area contributed by atoms with E-state index >= 15 is 0 Å². The van der Waals surface area contributed by atoms with Gasteiger partial charge in [-0.25, -0.2) is 8.42 Å². The second kappa shape index (κ2) is 13.6. The maximum Gasteiger partial charge on any atom is 0.264 e. The molecule has 1 fully saturated rings. The minimum absolute atomic E-state index is 0.0477. The molecule has 7 nitrogen and oxygen atoms in total. The van der Waals surface area contributed by atoms with Gasteiger partial charge in [0.05, 0.1) is 10.6 Å². The van der Waals surface area contributed by atoms with Crippen LogP contribution in [0.3, 0.4) is 0 Å². The SMILES string of the molecule is Cc1ccc(S(=O)(=O)N(CC(=O)N(Cc2c(Cl)cccc2Cl)[C@@H](C)C(=O)NC2CCCC2)c2ccc(Br)cc2)cc1. The highest BCUT2D eigenvalue weighted by Crippen LogP contribution is 2.29. The number of nitrogens with one attached hydrogen (secondary N) is 1. The molecule has 0 unspecified atom stereocenters. The van der Waals surface area contributed by atoms with Gasteiger partial charge in [0.25, 0.3) is 10.0 Å². The number of nitrogens with zero attached hydrogens (tertiary/aromatic N) is 2. The number of carbonyl (C=O) groups excluding carboxylic acids is 2. The van der Waals surface area contributed by atoms with Gasteiger partial charge in [0.15, 0.2) is 0 Å². The molecule has 0 aromatic heterocycles. The number of rotatable bonds is 10. The van der Waals surface area contributed by atoms with Crippen molar-refractivity contribution in [2.75, 3.05) is 10.8 Å². The Bertz CT molecular complexity index is 1470. The number of hydrogen-bond acceptors (Lipinski definition) is 4. The van der Waals surface area contributed by atoms with Gasteiger partial charge in [0.2, 0.25) is 11.8 Å². The summed E-state index contributed by atoms with van der Waals surface area (Å²) < 4.78 is 29.6. The standard InChI is InChI=1S/C30H32BrCl2N3O4S/c1-20-10-16-25(17-11-20)41(39,40)36(24-14-12-22(31)13-15-24)19-29(37)35(18-26-27(32)8-5-9-28(26)33)21(2)30(38)34-23-6-3-4-7-23/h5,8-17,21,23H,3-4,6-7,18-19H2,1-2H3,(H,34,38)/t21-/m0/s1. The summed E-state index contributed by atoms with van der Waals surface area (Å²) in [6.07, 6.45) is 3.84. The molecule has 1 saturated carbocycles. The summed E-state index contributed by atoms with van der Waals surface area (Å²) in [5.41, 5.74) is 1.68. The van der Waals surface area contributed by atoms with E-state index in [0.717, 1.165) is 40.0 Å². The summed E-state index contributed by atoms with van der Waals surface area (Å²) in [6, 6.07) is 17.2. The molecule has 1 N–H and O–H groups in total. The monoisotopic (exact) mass is 679 g/mol.